The Kier molecular flexibility index (Phi) is 1.96. The Bertz CT molecular complexity index is 293. The van der Waals surface area contributed by atoms with Crippen molar-refractivity contribution in [3.8, 4) is 0 Å². The minimum atomic E-state index is -0.467. The molecule has 0 bridgehead atoms. The third-order valence-corrected chi connectivity index (χ3v) is 2.94. The first-order valence-electron chi connectivity index (χ1n) is 4.58. The summed E-state index contributed by atoms with van der Waals surface area (Å²) in [6.07, 6.45) is 4.42. The SMILES string of the molecule is O=C(c1ccc[nH]1)C1(CO)CCC1. The highest BCUT2D eigenvalue weighted by molar-refractivity contribution is 5.99. The maximum absolute atomic E-state index is 11.8. The molecule has 1 aliphatic carbocycles. The number of ketones is 1. The molecule has 0 radical (unpaired) electrons. The lowest BCUT2D eigenvalue weighted by Crippen LogP contribution is -2.41. The number of carbonyl (C=O) groups is 1. The van der Waals surface area contributed by atoms with Gasteiger partial charge in [-0.15, -0.1) is 0 Å². The third kappa shape index (κ3) is 1.20. The Morgan fingerprint density at radius 2 is 2.38 bits per heavy atom. The van der Waals surface area contributed by atoms with Crippen LogP contribution < -0.4 is 0 Å². The number of aromatic amines is 1. The molecular formula is C10H13NO2. The molecule has 0 amide bonds. The van der Waals surface area contributed by atoms with Crippen molar-refractivity contribution < 1.29 is 9.90 Å². The average Bonchev–Trinajstić information content (AvgIpc) is 2.54. The number of aliphatic hydroxyl groups excluding tert-OH is 1. The fourth-order valence-corrected chi connectivity index (χ4v) is 1.82. The summed E-state index contributed by atoms with van der Waals surface area (Å²) in [5.74, 6) is 0.0613. The number of rotatable bonds is 3. The molecule has 0 aliphatic heterocycles. The highest BCUT2D eigenvalue weighted by Gasteiger charge is 2.44. The van der Waals surface area contributed by atoms with Crippen molar-refractivity contribution >= 4 is 5.78 Å². The number of aromatic nitrogens is 1. The summed E-state index contributed by atoms with van der Waals surface area (Å²) < 4.78 is 0. The van der Waals surface area contributed by atoms with Crippen molar-refractivity contribution in [1.82, 2.24) is 4.98 Å². The van der Waals surface area contributed by atoms with Crippen LogP contribution in [0.3, 0.4) is 0 Å². The van der Waals surface area contributed by atoms with E-state index in [-0.39, 0.29) is 12.4 Å². The fraction of sp³-hybridized carbons (Fsp3) is 0.500. The van der Waals surface area contributed by atoms with Crippen molar-refractivity contribution in [2.24, 2.45) is 5.41 Å². The summed E-state index contributed by atoms with van der Waals surface area (Å²) in [4.78, 5) is 14.7. The quantitative estimate of drug-likeness (QED) is 0.688. The van der Waals surface area contributed by atoms with E-state index in [4.69, 9.17) is 0 Å². The van der Waals surface area contributed by atoms with Gasteiger partial charge in [0.25, 0.3) is 0 Å². The van der Waals surface area contributed by atoms with E-state index in [1.165, 1.54) is 0 Å². The summed E-state index contributed by atoms with van der Waals surface area (Å²) in [7, 11) is 0. The van der Waals surface area contributed by atoms with Crippen molar-refractivity contribution in [2.75, 3.05) is 6.61 Å². The highest BCUT2D eigenvalue weighted by atomic mass is 16.3. The Morgan fingerprint density at radius 1 is 1.62 bits per heavy atom. The van der Waals surface area contributed by atoms with E-state index in [1.54, 1.807) is 18.3 Å². The number of aliphatic hydroxyl groups is 1. The van der Waals surface area contributed by atoms with Crippen LogP contribution in [-0.2, 0) is 0 Å². The summed E-state index contributed by atoms with van der Waals surface area (Å²) in [6.45, 7) is -0.0230. The smallest absolute Gasteiger partial charge is 0.187 e. The predicted molar refractivity (Wildman–Crippen MR) is 48.5 cm³/mol. The predicted octanol–water partition coefficient (Wildman–Crippen LogP) is 1.36. The first-order valence-corrected chi connectivity index (χ1v) is 4.58. The molecule has 0 spiro atoms. The Morgan fingerprint density at radius 3 is 2.77 bits per heavy atom. The largest absolute Gasteiger partial charge is 0.395 e. The van der Waals surface area contributed by atoms with Gasteiger partial charge >= 0.3 is 0 Å². The van der Waals surface area contributed by atoms with Gasteiger partial charge in [-0.3, -0.25) is 4.79 Å². The number of H-pyrrole nitrogens is 1. The average molecular weight is 179 g/mol. The second-order valence-electron chi connectivity index (χ2n) is 3.70. The molecule has 2 N–H and O–H groups in total. The van der Waals surface area contributed by atoms with E-state index >= 15 is 0 Å². The van der Waals surface area contributed by atoms with E-state index in [0.717, 1.165) is 19.3 Å². The summed E-state index contributed by atoms with van der Waals surface area (Å²) >= 11 is 0. The lowest BCUT2D eigenvalue weighted by atomic mass is 9.66. The molecule has 3 nitrogen and oxygen atoms in total. The van der Waals surface area contributed by atoms with Crippen LogP contribution in [0.4, 0.5) is 0 Å². The normalized spacial score (nSPS) is 19.5. The Hall–Kier alpha value is -1.09. The molecule has 0 atom stereocenters. The van der Waals surface area contributed by atoms with Gasteiger partial charge in [-0.1, -0.05) is 6.42 Å². The van der Waals surface area contributed by atoms with Gasteiger partial charge in [-0.2, -0.15) is 0 Å². The zero-order valence-corrected chi connectivity index (χ0v) is 7.42. The molecule has 0 aromatic carbocycles. The topological polar surface area (TPSA) is 53.1 Å². The molecule has 2 rings (SSSR count). The molecule has 3 heteroatoms. The van der Waals surface area contributed by atoms with E-state index in [2.05, 4.69) is 4.98 Å². The summed E-state index contributed by atoms with van der Waals surface area (Å²) in [6, 6.07) is 3.56. The Balaban J connectivity index is 2.21. The maximum atomic E-state index is 11.8. The van der Waals surface area contributed by atoms with Crippen LogP contribution in [0.2, 0.25) is 0 Å². The van der Waals surface area contributed by atoms with E-state index in [1.807, 2.05) is 0 Å². The second kappa shape index (κ2) is 3.00. The van der Waals surface area contributed by atoms with E-state index in [9.17, 15) is 9.90 Å². The lowest BCUT2D eigenvalue weighted by Gasteiger charge is -2.38. The third-order valence-electron chi connectivity index (χ3n) is 2.94. The van der Waals surface area contributed by atoms with Crippen LogP contribution in [0.15, 0.2) is 18.3 Å². The molecule has 1 fully saturated rings. The van der Waals surface area contributed by atoms with Crippen molar-refractivity contribution in [2.45, 2.75) is 19.3 Å². The standard InChI is InChI=1S/C10H13NO2/c12-7-10(4-2-5-10)9(13)8-3-1-6-11-8/h1,3,6,11-12H,2,4-5,7H2. The van der Waals surface area contributed by atoms with Gasteiger partial charge < -0.3 is 10.1 Å². The monoisotopic (exact) mass is 179 g/mol. The number of hydrogen-bond donors (Lipinski definition) is 2. The zero-order valence-electron chi connectivity index (χ0n) is 7.42. The minimum Gasteiger partial charge on any atom is -0.395 e. The van der Waals surface area contributed by atoms with Gasteiger partial charge in [0.2, 0.25) is 0 Å². The molecule has 1 aliphatic rings. The van der Waals surface area contributed by atoms with Crippen LogP contribution >= 0.6 is 0 Å². The van der Waals surface area contributed by atoms with Gasteiger partial charge in [0.15, 0.2) is 5.78 Å². The molecular weight excluding hydrogens is 166 g/mol. The number of carbonyl (C=O) groups excluding carboxylic acids is 1. The molecule has 1 aromatic heterocycles. The first kappa shape index (κ1) is 8.51. The van der Waals surface area contributed by atoms with Crippen LogP contribution in [0.5, 0.6) is 0 Å². The fourth-order valence-electron chi connectivity index (χ4n) is 1.82. The van der Waals surface area contributed by atoms with Crippen LogP contribution in [0.25, 0.3) is 0 Å². The van der Waals surface area contributed by atoms with Gasteiger partial charge in [0, 0.05) is 6.20 Å². The Labute approximate surface area is 76.8 Å². The molecule has 1 saturated carbocycles. The van der Waals surface area contributed by atoms with Gasteiger partial charge in [0.1, 0.15) is 0 Å². The highest BCUT2D eigenvalue weighted by Crippen LogP contribution is 2.42. The minimum absolute atomic E-state index is 0.0230. The number of nitrogens with one attached hydrogen (secondary N) is 1. The first-order chi connectivity index (χ1) is 6.28. The van der Waals surface area contributed by atoms with Gasteiger partial charge in [-0.05, 0) is 25.0 Å². The molecule has 0 unspecified atom stereocenters. The van der Waals surface area contributed by atoms with Crippen LogP contribution in [-0.4, -0.2) is 22.5 Å². The lowest BCUT2D eigenvalue weighted by molar-refractivity contribution is 0.0343. The van der Waals surface area contributed by atoms with Crippen molar-refractivity contribution in [3.63, 3.8) is 0 Å². The summed E-state index contributed by atoms with van der Waals surface area (Å²) in [5, 5.41) is 9.17. The van der Waals surface area contributed by atoms with Crippen LogP contribution in [0.1, 0.15) is 29.8 Å². The van der Waals surface area contributed by atoms with Gasteiger partial charge in [0.05, 0.1) is 17.7 Å². The maximum Gasteiger partial charge on any atom is 0.187 e. The van der Waals surface area contributed by atoms with Crippen molar-refractivity contribution in [3.05, 3.63) is 24.0 Å². The molecule has 0 saturated heterocycles. The van der Waals surface area contributed by atoms with Crippen molar-refractivity contribution in [1.29, 1.82) is 0 Å². The van der Waals surface area contributed by atoms with E-state index in [0.29, 0.717) is 5.69 Å². The molecule has 1 aromatic rings. The molecule has 13 heavy (non-hydrogen) atoms. The number of hydrogen-bond acceptors (Lipinski definition) is 2. The molecule has 1 heterocycles. The van der Waals surface area contributed by atoms with Gasteiger partial charge in [-0.25, -0.2) is 0 Å². The number of Topliss-reactive ketones (excluding diaryl/α,β-unsaturated/α-hetero) is 1. The van der Waals surface area contributed by atoms with E-state index < -0.39 is 5.41 Å². The molecule has 70 valence electrons. The zero-order chi connectivity index (χ0) is 9.31. The van der Waals surface area contributed by atoms with Crippen LogP contribution in [0, 0.1) is 5.41 Å². The summed E-state index contributed by atoms with van der Waals surface area (Å²) in [5.41, 5.74) is 0.152. The second-order valence-corrected chi connectivity index (χ2v) is 3.70.